The number of aromatic hydroxyl groups is 1. The van der Waals surface area contributed by atoms with Crippen LogP contribution in [-0.4, -0.2) is 26.6 Å². The van der Waals surface area contributed by atoms with Crippen LogP contribution in [0, 0.1) is 0 Å². The molecule has 0 bridgehead atoms. The molecule has 0 aliphatic heterocycles. The Morgan fingerprint density at radius 2 is 1.68 bits per heavy atom. The molecule has 2 aromatic rings. The molecule has 2 rings (SSSR count). The van der Waals surface area contributed by atoms with E-state index in [4.69, 9.17) is 0 Å². The second-order valence-electron chi connectivity index (χ2n) is 6.60. The molecule has 2 aromatic carbocycles. The third-order valence-electron chi connectivity index (χ3n) is 3.69. The van der Waals surface area contributed by atoms with E-state index in [1.165, 1.54) is 31.4 Å². The van der Waals surface area contributed by atoms with Crippen molar-refractivity contribution >= 4 is 21.7 Å². The molecule has 0 saturated carbocycles. The number of anilines is 1. The molecule has 0 spiro atoms. The van der Waals surface area contributed by atoms with Gasteiger partial charge in [-0.1, -0.05) is 32.9 Å². The third-order valence-corrected chi connectivity index (χ3v) is 5.08. The van der Waals surface area contributed by atoms with Gasteiger partial charge in [0, 0.05) is 6.07 Å². The average Bonchev–Trinajstić information content (AvgIpc) is 2.53. The number of rotatable bonds is 4. The molecule has 0 radical (unpaired) electrons. The maximum Gasteiger partial charge on any atom is 0.341 e. The summed E-state index contributed by atoms with van der Waals surface area (Å²) >= 11 is 0. The van der Waals surface area contributed by atoms with E-state index in [2.05, 4.69) is 9.46 Å². The maximum atomic E-state index is 12.5. The first-order valence-electron chi connectivity index (χ1n) is 7.59. The Morgan fingerprint density at radius 1 is 1.08 bits per heavy atom. The maximum absolute atomic E-state index is 12.5. The van der Waals surface area contributed by atoms with E-state index in [-0.39, 0.29) is 27.3 Å². The molecule has 0 aliphatic carbocycles. The van der Waals surface area contributed by atoms with Crippen LogP contribution in [0.3, 0.4) is 0 Å². The highest BCUT2D eigenvalue weighted by Crippen LogP contribution is 2.26. The fourth-order valence-electron chi connectivity index (χ4n) is 2.23. The van der Waals surface area contributed by atoms with E-state index in [0.717, 1.165) is 11.6 Å². The quantitative estimate of drug-likeness (QED) is 0.813. The van der Waals surface area contributed by atoms with E-state index in [1.54, 1.807) is 12.1 Å². The zero-order valence-electron chi connectivity index (χ0n) is 14.5. The highest BCUT2D eigenvalue weighted by molar-refractivity contribution is 7.92. The van der Waals surface area contributed by atoms with Gasteiger partial charge in [-0.25, -0.2) is 13.2 Å². The molecule has 2 N–H and O–H groups in total. The molecule has 0 aliphatic rings. The third kappa shape index (κ3) is 4.30. The summed E-state index contributed by atoms with van der Waals surface area (Å²) in [4.78, 5) is 11.6. The van der Waals surface area contributed by atoms with Crippen LogP contribution in [0.15, 0.2) is 47.4 Å². The van der Waals surface area contributed by atoms with Crippen molar-refractivity contribution in [3.05, 3.63) is 53.6 Å². The van der Waals surface area contributed by atoms with Crippen LogP contribution in [-0.2, 0) is 20.2 Å². The molecule has 134 valence electrons. The van der Waals surface area contributed by atoms with Gasteiger partial charge in [-0.3, -0.25) is 4.72 Å². The highest BCUT2D eigenvalue weighted by Gasteiger charge is 2.19. The number of nitrogens with one attached hydrogen (secondary N) is 1. The van der Waals surface area contributed by atoms with E-state index in [1.807, 2.05) is 20.8 Å². The second kappa shape index (κ2) is 6.76. The minimum absolute atomic E-state index is 0.0417. The van der Waals surface area contributed by atoms with Gasteiger partial charge in [0.1, 0.15) is 11.3 Å². The molecule has 0 atom stereocenters. The minimum atomic E-state index is -3.81. The fraction of sp³-hybridized carbons (Fsp3) is 0.278. The van der Waals surface area contributed by atoms with Crippen molar-refractivity contribution in [3.63, 3.8) is 0 Å². The summed E-state index contributed by atoms with van der Waals surface area (Å²) in [6.45, 7) is 6.13. The zero-order chi connectivity index (χ0) is 18.8. The number of benzene rings is 2. The van der Waals surface area contributed by atoms with Crippen LogP contribution in [0.2, 0.25) is 0 Å². The van der Waals surface area contributed by atoms with Gasteiger partial charge in [-0.05, 0) is 35.2 Å². The number of ether oxygens (including phenoxy) is 1. The molecule has 0 aromatic heterocycles. The Balaban J connectivity index is 2.27. The summed E-state index contributed by atoms with van der Waals surface area (Å²) in [5.41, 5.74) is 1.04. The normalized spacial score (nSPS) is 11.8. The first kappa shape index (κ1) is 18.8. The Morgan fingerprint density at radius 3 is 2.16 bits per heavy atom. The number of carbonyl (C=O) groups excluding carboxylic acids is 1. The lowest BCUT2D eigenvalue weighted by atomic mass is 9.87. The zero-order valence-corrected chi connectivity index (χ0v) is 15.3. The van der Waals surface area contributed by atoms with E-state index < -0.39 is 16.0 Å². The molecule has 0 heterocycles. The minimum Gasteiger partial charge on any atom is -0.507 e. The summed E-state index contributed by atoms with van der Waals surface area (Å²) in [6.07, 6.45) is 0. The molecule has 25 heavy (non-hydrogen) atoms. The Hall–Kier alpha value is -2.54. The topological polar surface area (TPSA) is 92.7 Å². The Kier molecular flexibility index (Phi) is 5.08. The van der Waals surface area contributed by atoms with Gasteiger partial charge in [0.25, 0.3) is 10.0 Å². The molecule has 0 unspecified atom stereocenters. The molecule has 6 nitrogen and oxygen atoms in total. The second-order valence-corrected chi connectivity index (χ2v) is 8.29. The molecular formula is C18H21NO5S. The van der Waals surface area contributed by atoms with E-state index in [9.17, 15) is 18.3 Å². The smallest absolute Gasteiger partial charge is 0.341 e. The largest absolute Gasteiger partial charge is 0.507 e. The van der Waals surface area contributed by atoms with Gasteiger partial charge >= 0.3 is 5.97 Å². The van der Waals surface area contributed by atoms with Crippen LogP contribution < -0.4 is 4.72 Å². The van der Waals surface area contributed by atoms with Gasteiger partial charge < -0.3 is 9.84 Å². The van der Waals surface area contributed by atoms with Crippen LogP contribution in [0.25, 0.3) is 0 Å². The lowest BCUT2D eigenvalue weighted by Crippen LogP contribution is -2.15. The summed E-state index contributed by atoms with van der Waals surface area (Å²) in [5.74, 6) is -1.07. The fourth-order valence-corrected chi connectivity index (χ4v) is 3.28. The van der Waals surface area contributed by atoms with Gasteiger partial charge in [0.05, 0.1) is 17.7 Å². The Bertz CT molecular complexity index is 881. The van der Waals surface area contributed by atoms with Crippen LogP contribution in [0.1, 0.15) is 36.7 Å². The Labute approximate surface area is 147 Å². The van der Waals surface area contributed by atoms with E-state index >= 15 is 0 Å². The summed E-state index contributed by atoms with van der Waals surface area (Å²) < 4.78 is 31.8. The van der Waals surface area contributed by atoms with Crippen molar-refractivity contribution in [2.75, 3.05) is 11.8 Å². The lowest BCUT2D eigenvalue weighted by Gasteiger charge is -2.19. The van der Waals surface area contributed by atoms with Crippen molar-refractivity contribution in [1.82, 2.24) is 0 Å². The van der Waals surface area contributed by atoms with Crippen molar-refractivity contribution in [1.29, 1.82) is 0 Å². The average molecular weight is 363 g/mol. The standard InChI is InChI=1S/C18H21NO5S/c1-18(2,3)12-5-8-14(9-6-12)25(22,23)19-13-7-10-15(16(20)11-13)17(21)24-4/h5-11,19-20H,1-4H3. The van der Waals surface area contributed by atoms with Crippen LogP contribution >= 0.6 is 0 Å². The SMILES string of the molecule is COC(=O)c1ccc(NS(=O)(=O)c2ccc(C(C)(C)C)cc2)cc1O. The molecule has 0 fully saturated rings. The molecular weight excluding hydrogens is 342 g/mol. The summed E-state index contributed by atoms with van der Waals surface area (Å²) in [5, 5.41) is 9.85. The van der Waals surface area contributed by atoms with Gasteiger partial charge in [-0.15, -0.1) is 0 Å². The van der Waals surface area contributed by atoms with Gasteiger partial charge in [0.2, 0.25) is 0 Å². The van der Waals surface area contributed by atoms with Gasteiger partial charge in [-0.2, -0.15) is 0 Å². The number of methoxy groups -OCH3 is 1. The monoisotopic (exact) mass is 363 g/mol. The van der Waals surface area contributed by atoms with Crippen molar-refractivity contribution in [3.8, 4) is 5.75 Å². The molecule has 0 saturated heterocycles. The van der Waals surface area contributed by atoms with Crippen molar-refractivity contribution < 1.29 is 23.1 Å². The first-order chi connectivity index (χ1) is 11.5. The van der Waals surface area contributed by atoms with Crippen LogP contribution in [0.5, 0.6) is 5.75 Å². The molecule has 0 amide bonds. The number of phenols is 1. The van der Waals surface area contributed by atoms with Crippen molar-refractivity contribution in [2.24, 2.45) is 0 Å². The number of phenolic OH excluding ortho intramolecular Hbond substituents is 1. The predicted molar refractivity (Wildman–Crippen MR) is 95.4 cm³/mol. The summed E-state index contributed by atoms with van der Waals surface area (Å²) in [7, 11) is -2.61. The number of esters is 1. The van der Waals surface area contributed by atoms with E-state index in [0.29, 0.717) is 0 Å². The number of sulfonamides is 1. The highest BCUT2D eigenvalue weighted by atomic mass is 32.2. The molecule has 7 heteroatoms. The predicted octanol–water partition coefficient (Wildman–Crippen LogP) is 3.28. The number of hydrogen-bond acceptors (Lipinski definition) is 5. The lowest BCUT2D eigenvalue weighted by molar-refractivity contribution is 0.0597. The number of carbonyl (C=O) groups is 1. The van der Waals surface area contributed by atoms with Crippen LogP contribution in [0.4, 0.5) is 5.69 Å². The first-order valence-corrected chi connectivity index (χ1v) is 9.07. The summed E-state index contributed by atoms with van der Waals surface area (Å²) in [6, 6.07) is 10.4. The number of hydrogen-bond donors (Lipinski definition) is 2. The van der Waals surface area contributed by atoms with Gasteiger partial charge in [0.15, 0.2) is 0 Å². The van der Waals surface area contributed by atoms with Crippen molar-refractivity contribution in [2.45, 2.75) is 31.1 Å².